The maximum atomic E-state index is 11.6. The van der Waals surface area contributed by atoms with Crippen LogP contribution in [0.4, 0.5) is 0 Å². The number of carboxylic acids is 1. The third-order valence-corrected chi connectivity index (χ3v) is 2.92. The standard InChI is InChI=1S/C14H17NO7/c1-2-3-8-12(22-13(16)9-21-15(19)20)10-6-4-5-7-11(10)14(17)18/h4-7,12H,2-3,8-9H2,1H3,(H,17,18). The maximum absolute atomic E-state index is 11.6. The highest BCUT2D eigenvalue weighted by Crippen LogP contribution is 2.27. The van der Waals surface area contributed by atoms with Gasteiger partial charge in [0.2, 0.25) is 0 Å². The normalized spacial score (nSPS) is 11.5. The number of carbonyl (C=O) groups excluding carboxylic acids is 1. The Hall–Kier alpha value is -2.64. The molecule has 0 aliphatic rings. The van der Waals surface area contributed by atoms with Gasteiger partial charge in [0.05, 0.1) is 5.56 Å². The Morgan fingerprint density at radius 3 is 2.64 bits per heavy atom. The summed E-state index contributed by atoms with van der Waals surface area (Å²) in [6.07, 6.45) is 1.18. The molecule has 0 saturated heterocycles. The Morgan fingerprint density at radius 1 is 1.36 bits per heavy atom. The average molecular weight is 311 g/mol. The Bertz CT molecular complexity index is 544. The van der Waals surface area contributed by atoms with Crippen LogP contribution in [0.2, 0.25) is 0 Å². The van der Waals surface area contributed by atoms with Gasteiger partial charge in [-0.1, -0.05) is 31.5 Å². The summed E-state index contributed by atoms with van der Waals surface area (Å²) in [5.74, 6) is -2.05. The molecule has 0 amide bonds. The van der Waals surface area contributed by atoms with E-state index in [0.29, 0.717) is 18.4 Å². The molecule has 0 aromatic heterocycles. The van der Waals surface area contributed by atoms with Crippen LogP contribution in [0.1, 0.15) is 48.2 Å². The van der Waals surface area contributed by atoms with E-state index in [1.54, 1.807) is 18.2 Å². The largest absolute Gasteiger partial charge is 0.478 e. The first-order valence-corrected chi connectivity index (χ1v) is 6.74. The number of carboxylic acid groups (broad SMARTS) is 1. The van der Waals surface area contributed by atoms with Gasteiger partial charge in [-0.15, -0.1) is 10.1 Å². The molecule has 0 fully saturated rings. The summed E-state index contributed by atoms with van der Waals surface area (Å²) in [6.45, 7) is 1.11. The van der Waals surface area contributed by atoms with E-state index in [1.165, 1.54) is 6.07 Å². The summed E-state index contributed by atoms with van der Waals surface area (Å²) in [7, 11) is 0. The first-order valence-electron chi connectivity index (χ1n) is 6.74. The Balaban J connectivity index is 2.91. The summed E-state index contributed by atoms with van der Waals surface area (Å²) in [6, 6.07) is 6.19. The molecule has 22 heavy (non-hydrogen) atoms. The van der Waals surface area contributed by atoms with Gasteiger partial charge >= 0.3 is 11.9 Å². The van der Waals surface area contributed by atoms with Crippen molar-refractivity contribution in [2.45, 2.75) is 32.3 Å². The Labute approximate surface area is 126 Å². The SMILES string of the molecule is CCCCC(OC(=O)CO[N+](=O)[O-])c1ccccc1C(=O)O. The Morgan fingerprint density at radius 2 is 2.05 bits per heavy atom. The van der Waals surface area contributed by atoms with Crippen LogP contribution in [-0.2, 0) is 14.4 Å². The van der Waals surface area contributed by atoms with Crippen molar-refractivity contribution in [3.8, 4) is 0 Å². The van der Waals surface area contributed by atoms with Crippen LogP contribution in [0.3, 0.4) is 0 Å². The van der Waals surface area contributed by atoms with Crippen LogP contribution in [0.15, 0.2) is 24.3 Å². The highest BCUT2D eigenvalue weighted by Gasteiger charge is 2.22. The zero-order valence-corrected chi connectivity index (χ0v) is 12.1. The monoisotopic (exact) mass is 311 g/mol. The van der Waals surface area contributed by atoms with Crippen molar-refractivity contribution in [1.29, 1.82) is 0 Å². The van der Waals surface area contributed by atoms with Crippen molar-refractivity contribution in [2.75, 3.05) is 6.61 Å². The van der Waals surface area contributed by atoms with E-state index in [9.17, 15) is 24.8 Å². The van der Waals surface area contributed by atoms with Crippen molar-refractivity contribution in [3.63, 3.8) is 0 Å². The van der Waals surface area contributed by atoms with Gasteiger partial charge in [0.25, 0.3) is 5.09 Å². The third-order valence-electron chi connectivity index (χ3n) is 2.92. The van der Waals surface area contributed by atoms with Crippen molar-refractivity contribution >= 4 is 11.9 Å². The highest BCUT2D eigenvalue weighted by atomic mass is 17.0. The molecule has 8 nitrogen and oxygen atoms in total. The molecule has 1 unspecified atom stereocenters. The molecule has 0 spiro atoms. The fourth-order valence-electron chi connectivity index (χ4n) is 1.94. The highest BCUT2D eigenvalue weighted by molar-refractivity contribution is 5.89. The summed E-state index contributed by atoms with van der Waals surface area (Å²) in [5.41, 5.74) is 0.393. The minimum atomic E-state index is -1.13. The maximum Gasteiger partial charge on any atom is 0.336 e. The summed E-state index contributed by atoms with van der Waals surface area (Å²) in [4.78, 5) is 36.8. The van der Waals surface area contributed by atoms with E-state index in [2.05, 4.69) is 4.84 Å². The van der Waals surface area contributed by atoms with E-state index >= 15 is 0 Å². The van der Waals surface area contributed by atoms with Crippen LogP contribution in [0.25, 0.3) is 0 Å². The minimum absolute atomic E-state index is 0.0339. The van der Waals surface area contributed by atoms with E-state index in [-0.39, 0.29) is 5.56 Å². The molecule has 1 atom stereocenters. The van der Waals surface area contributed by atoms with Crippen molar-refractivity contribution in [2.24, 2.45) is 0 Å². The lowest BCUT2D eigenvalue weighted by molar-refractivity contribution is -0.754. The predicted molar refractivity (Wildman–Crippen MR) is 74.7 cm³/mol. The lowest BCUT2D eigenvalue weighted by Gasteiger charge is -2.19. The van der Waals surface area contributed by atoms with Gasteiger partial charge < -0.3 is 14.7 Å². The van der Waals surface area contributed by atoms with E-state index in [1.807, 2.05) is 6.92 Å². The van der Waals surface area contributed by atoms with Gasteiger partial charge in [-0.3, -0.25) is 0 Å². The molecule has 8 heteroatoms. The zero-order chi connectivity index (χ0) is 16.5. The van der Waals surface area contributed by atoms with Gasteiger partial charge in [-0.25, -0.2) is 9.59 Å². The second-order valence-electron chi connectivity index (χ2n) is 4.51. The summed E-state index contributed by atoms with van der Waals surface area (Å²) >= 11 is 0. The number of benzene rings is 1. The Kier molecular flexibility index (Phi) is 6.81. The number of unbranched alkanes of at least 4 members (excludes halogenated alkanes) is 1. The van der Waals surface area contributed by atoms with Gasteiger partial charge in [-0.2, -0.15) is 0 Å². The van der Waals surface area contributed by atoms with Gasteiger partial charge in [0.15, 0.2) is 6.61 Å². The van der Waals surface area contributed by atoms with Crippen LogP contribution >= 0.6 is 0 Å². The van der Waals surface area contributed by atoms with Crippen molar-refractivity contribution < 1.29 is 29.4 Å². The minimum Gasteiger partial charge on any atom is -0.478 e. The number of aromatic carboxylic acids is 1. The number of carbonyl (C=O) groups is 2. The molecule has 120 valence electrons. The van der Waals surface area contributed by atoms with Crippen LogP contribution in [-0.4, -0.2) is 28.7 Å². The van der Waals surface area contributed by atoms with Gasteiger partial charge in [0.1, 0.15) is 6.10 Å². The van der Waals surface area contributed by atoms with E-state index in [0.717, 1.165) is 6.42 Å². The average Bonchev–Trinajstić information content (AvgIpc) is 2.49. The second kappa shape index (κ2) is 8.60. The summed E-state index contributed by atoms with van der Waals surface area (Å²) in [5, 5.41) is 18.2. The smallest absolute Gasteiger partial charge is 0.336 e. The molecule has 1 N–H and O–H groups in total. The lowest BCUT2D eigenvalue weighted by Crippen LogP contribution is -2.20. The molecule has 0 heterocycles. The third kappa shape index (κ3) is 5.39. The first kappa shape index (κ1) is 17.4. The molecule has 0 radical (unpaired) electrons. The number of esters is 1. The molecule has 0 aliphatic carbocycles. The van der Waals surface area contributed by atoms with Crippen LogP contribution in [0.5, 0.6) is 0 Å². The lowest BCUT2D eigenvalue weighted by atomic mass is 9.98. The molecule has 0 aliphatic heterocycles. The number of nitrogens with zero attached hydrogens (tertiary/aromatic N) is 1. The molecule has 1 rings (SSSR count). The molecule has 0 saturated carbocycles. The van der Waals surface area contributed by atoms with Gasteiger partial charge in [-0.05, 0) is 18.9 Å². The molecule has 1 aromatic rings. The fourth-order valence-corrected chi connectivity index (χ4v) is 1.94. The number of hydrogen-bond acceptors (Lipinski definition) is 6. The van der Waals surface area contributed by atoms with E-state index < -0.39 is 29.7 Å². The summed E-state index contributed by atoms with van der Waals surface area (Å²) < 4.78 is 5.15. The first-order chi connectivity index (χ1) is 10.5. The molecule has 0 bridgehead atoms. The number of hydrogen-bond donors (Lipinski definition) is 1. The second-order valence-corrected chi connectivity index (χ2v) is 4.51. The van der Waals surface area contributed by atoms with Crippen LogP contribution < -0.4 is 0 Å². The predicted octanol–water partition coefficient (Wildman–Crippen LogP) is 2.37. The van der Waals surface area contributed by atoms with Crippen LogP contribution in [0, 0.1) is 10.1 Å². The molecule has 1 aromatic carbocycles. The number of ether oxygens (including phenoxy) is 1. The number of rotatable bonds is 9. The molecular weight excluding hydrogens is 294 g/mol. The van der Waals surface area contributed by atoms with Crippen molar-refractivity contribution in [1.82, 2.24) is 0 Å². The fraction of sp³-hybridized carbons (Fsp3) is 0.429. The topological polar surface area (TPSA) is 116 Å². The zero-order valence-electron chi connectivity index (χ0n) is 12.1. The van der Waals surface area contributed by atoms with Gasteiger partial charge in [0, 0.05) is 5.56 Å². The van der Waals surface area contributed by atoms with E-state index in [4.69, 9.17) is 4.74 Å². The molecular formula is C14H17NO7. The van der Waals surface area contributed by atoms with Crippen molar-refractivity contribution in [3.05, 3.63) is 45.5 Å². The quantitative estimate of drug-likeness (QED) is 0.422.